The molecule has 1 aliphatic heterocycles. The number of methoxy groups -OCH3 is 1. The second-order valence-corrected chi connectivity index (χ2v) is 6.64. The average molecular weight is 353 g/mol. The maximum absolute atomic E-state index is 5.54. The summed E-state index contributed by atoms with van der Waals surface area (Å²) in [6, 6.07) is 9.91. The SMILES string of the molecule is COc1ccccc1-c1cc(NCC2CCOCC2)c2onc(C)c2n1. The molecule has 0 saturated carbocycles. The van der Waals surface area contributed by atoms with Crippen LogP contribution in [0.3, 0.4) is 0 Å². The molecule has 0 bridgehead atoms. The van der Waals surface area contributed by atoms with Crippen molar-refractivity contribution in [3.63, 3.8) is 0 Å². The van der Waals surface area contributed by atoms with Gasteiger partial charge in [0.2, 0.25) is 5.58 Å². The molecule has 1 aliphatic rings. The zero-order valence-corrected chi connectivity index (χ0v) is 15.1. The summed E-state index contributed by atoms with van der Waals surface area (Å²) >= 11 is 0. The number of para-hydroxylation sites is 1. The van der Waals surface area contributed by atoms with E-state index in [1.54, 1.807) is 7.11 Å². The van der Waals surface area contributed by atoms with Crippen LogP contribution in [0.5, 0.6) is 5.75 Å². The lowest BCUT2D eigenvalue weighted by Crippen LogP contribution is -2.22. The molecule has 0 atom stereocenters. The van der Waals surface area contributed by atoms with Gasteiger partial charge < -0.3 is 19.3 Å². The van der Waals surface area contributed by atoms with Gasteiger partial charge in [-0.15, -0.1) is 0 Å². The maximum atomic E-state index is 5.54. The summed E-state index contributed by atoms with van der Waals surface area (Å²) in [5.74, 6) is 1.40. The van der Waals surface area contributed by atoms with Gasteiger partial charge in [0.1, 0.15) is 17.0 Å². The summed E-state index contributed by atoms with van der Waals surface area (Å²) in [5, 5.41) is 7.65. The summed E-state index contributed by atoms with van der Waals surface area (Å²) < 4.78 is 16.5. The summed E-state index contributed by atoms with van der Waals surface area (Å²) in [6.07, 6.45) is 2.16. The zero-order valence-electron chi connectivity index (χ0n) is 15.1. The number of hydrogen-bond acceptors (Lipinski definition) is 6. The Morgan fingerprint density at radius 3 is 2.85 bits per heavy atom. The summed E-state index contributed by atoms with van der Waals surface area (Å²) in [5.41, 5.74) is 4.98. The van der Waals surface area contributed by atoms with E-state index in [4.69, 9.17) is 19.0 Å². The van der Waals surface area contributed by atoms with Crippen LogP contribution >= 0.6 is 0 Å². The number of nitrogens with one attached hydrogen (secondary N) is 1. The van der Waals surface area contributed by atoms with Crippen molar-refractivity contribution < 1.29 is 14.0 Å². The first-order valence-electron chi connectivity index (χ1n) is 8.98. The normalized spacial score (nSPS) is 15.3. The topological polar surface area (TPSA) is 69.4 Å². The second-order valence-electron chi connectivity index (χ2n) is 6.64. The number of aryl methyl sites for hydroxylation is 1. The predicted octanol–water partition coefficient (Wildman–Crippen LogP) is 4.05. The Bertz CT molecular complexity index is 900. The highest BCUT2D eigenvalue weighted by Gasteiger charge is 2.18. The molecule has 1 aromatic carbocycles. The fourth-order valence-corrected chi connectivity index (χ4v) is 3.36. The Hall–Kier alpha value is -2.60. The third-order valence-electron chi connectivity index (χ3n) is 4.89. The summed E-state index contributed by atoms with van der Waals surface area (Å²) in [6.45, 7) is 4.47. The van der Waals surface area contributed by atoms with Crippen molar-refractivity contribution in [3.05, 3.63) is 36.0 Å². The van der Waals surface area contributed by atoms with Gasteiger partial charge in [-0.1, -0.05) is 17.3 Å². The molecular weight excluding hydrogens is 330 g/mol. The van der Waals surface area contributed by atoms with Crippen LogP contribution in [-0.4, -0.2) is 37.0 Å². The summed E-state index contributed by atoms with van der Waals surface area (Å²) in [4.78, 5) is 4.77. The smallest absolute Gasteiger partial charge is 0.208 e. The number of benzene rings is 1. The van der Waals surface area contributed by atoms with Crippen LogP contribution in [-0.2, 0) is 4.74 Å². The summed E-state index contributed by atoms with van der Waals surface area (Å²) in [7, 11) is 1.67. The van der Waals surface area contributed by atoms with E-state index in [2.05, 4.69) is 10.5 Å². The van der Waals surface area contributed by atoms with Crippen molar-refractivity contribution in [2.24, 2.45) is 5.92 Å². The number of aromatic nitrogens is 2. The molecule has 26 heavy (non-hydrogen) atoms. The zero-order chi connectivity index (χ0) is 17.9. The molecule has 6 nitrogen and oxygen atoms in total. The minimum atomic E-state index is 0.602. The Kier molecular flexibility index (Phi) is 4.75. The van der Waals surface area contributed by atoms with Crippen molar-refractivity contribution >= 4 is 16.8 Å². The number of hydrogen-bond donors (Lipinski definition) is 1. The van der Waals surface area contributed by atoms with Gasteiger partial charge in [-0.3, -0.25) is 0 Å². The highest BCUT2D eigenvalue weighted by Crippen LogP contribution is 2.34. The van der Waals surface area contributed by atoms with Gasteiger partial charge in [-0.25, -0.2) is 4.98 Å². The first kappa shape index (κ1) is 16.8. The van der Waals surface area contributed by atoms with E-state index in [1.807, 2.05) is 37.3 Å². The average Bonchev–Trinajstić information content (AvgIpc) is 3.08. The van der Waals surface area contributed by atoms with Crippen molar-refractivity contribution in [1.82, 2.24) is 10.1 Å². The number of nitrogens with zero attached hydrogens (tertiary/aromatic N) is 2. The number of anilines is 1. The molecule has 1 fully saturated rings. The molecule has 4 rings (SSSR count). The van der Waals surface area contributed by atoms with Crippen LogP contribution in [0.15, 0.2) is 34.9 Å². The fraction of sp³-hybridized carbons (Fsp3) is 0.400. The maximum Gasteiger partial charge on any atom is 0.208 e. The molecule has 1 saturated heterocycles. The van der Waals surface area contributed by atoms with E-state index >= 15 is 0 Å². The van der Waals surface area contributed by atoms with E-state index < -0.39 is 0 Å². The number of fused-ring (bicyclic) bond motifs is 1. The Morgan fingerprint density at radius 1 is 1.23 bits per heavy atom. The molecule has 0 spiro atoms. The molecule has 0 radical (unpaired) electrons. The van der Waals surface area contributed by atoms with Crippen LogP contribution in [0.2, 0.25) is 0 Å². The van der Waals surface area contributed by atoms with Crippen molar-refractivity contribution in [2.75, 3.05) is 32.2 Å². The molecule has 1 N–H and O–H groups in total. The third-order valence-corrected chi connectivity index (χ3v) is 4.89. The standard InChI is InChI=1S/C20H23N3O3/c1-13-19-20(26-23-13)17(21-12-14-7-9-25-10-8-14)11-16(22-19)15-5-3-4-6-18(15)24-2/h3-6,11,14H,7-10,12H2,1-2H3,(H,21,22). The fourth-order valence-electron chi connectivity index (χ4n) is 3.36. The van der Waals surface area contributed by atoms with Crippen LogP contribution in [0.25, 0.3) is 22.4 Å². The van der Waals surface area contributed by atoms with E-state index in [0.717, 1.165) is 66.5 Å². The molecule has 3 heterocycles. The minimum absolute atomic E-state index is 0.602. The molecule has 2 aromatic heterocycles. The Morgan fingerprint density at radius 2 is 2.04 bits per heavy atom. The molecule has 0 aliphatic carbocycles. The van der Waals surface area contributed by atoms with Crippen LogP contribution in [0.1, 0.15) is 18.5 Å². The van der Waals surface area contributed by atoms with E-state index in [-0.39, 0.29) is 0 Å². The van der Waals surface area contributed by atoms with Gasteiger partial charge in [0.05, 0.1) is 18.5 Å². The number of pyridine rings is 1. The Labute approximate surface area is 152 Å². The van der Waals surface area contributed by atoms with Gasteiger partial charge in [-0.2, -0.15) is 0 Å². The highest BCUT2D eigenvalue weighted by atomic mass is 16.5. The van der Waals surface area contributed by atoms with Gasteiger partial charge in [0, 0.05) is 25.3 Å². The molecular formula is C20H23N3O3. The first-order valence-corrected chi connectivity index (χ1v) is 8.98. The van der Waals surface area contributed by atoms with E-state index in [9.17, 15) is 0 Å². The molecule has 0 unspecified atom stereocenters. The minimum Gasteiger partial charge on any atom is -0.496 e. The monoisotopic (exact) mass is 353 g/mol. The van der Waals surface area contributed by atoms with Crippen molar-refractivity contribution in [2.45, 2.75) is 19.8 Å². The van der Waals surface area contributed by atoms with Gasteiger partial charge in [0.25, 0.3) is 0 Å². The van der Waals surface area contributed by atoms with Crippen LogP contribution < -0.4 is 10.1 Å². The number of ether oxygens (including phenoxy) is 2. The number of rotatable bonds is 5. The quantitative estimate of drug-likeness (QED) is 0.746. The van der Waals surface area contributed by atoms with Gasteiger partial charge in [0.15, 0.2) is 0 Å². The second kappa shape index (κ2) is 7.33. The lowest BCUT2D eigenvalue weighted by atomic mass is 10.0. The van der Waals surface area contributed by atoms with Crippen molar-refractivity contribution in [3.8, 4) is 17.0 Å². The predicted molar refractivity (Wildman–Crippen MR) is 101 cm³/mol. The van der Waals surface area contributed by atoms with Crippen LogP contribution in [0, 0.1) is 12.8 Å². The van der Waals surface area contributed by atoms with Gasteiger partial charge in [-0.05, 0) is 43.9 Å². The molecule has 6 heteroatoms. The molecule has 0 amide bonds. The highest BCUT2D eigenvalue weighted by molar-refractivity contribution is 5.91. The van der Waals surface area contributed by atoms with Crippen molar-refractivity contribution in [1.29, 1.82) is 0 Å². The lowest BCUT2D eigenvalue weighted by molar-refractivity contribution is 0.0699. The van der Waals surface area contributed by atoms with E-state index in [1.165, 1.54) is 0 Å². The Balaban J connectivity index is 1.71. The molecule has 3 aromatic rings. The molecule has 136 valence electrons. The van der Waals surface area contributed by atoms with E-state index in [0.29, 0.717) is 11.5 Å². The largest absolute Gasteiger partial charge is 0.496 e. The lowest BCUT2D eigenvalue weighted by Gasteiger charge is -2.22. The first-order chi connectivity index (χ1) is 12.8. The third kappa shape index (κ3) is 3.24. The van der Waals surface area contributed by atoms with Crippen LogP contribution in [0.4, 0.5) is 5.69 Å². The van der Waals surface area contributed by atoms with Gasteiger partial charge >= 0.3 is 0 Å².